The Kier molecular flexibility index (Phi) is 10.8. The number of esters is 1. The van der Waals surface area contributed by atoms with Gasteiger partial charge in [-0.25, -0.2) is 9.18 Å². The summed E-state index contributed by atoms with van der Waals surface area (Å²) in [5.41, 5.74) is 4.32. The molecule has 0 aromatic heterocycles. The van der Waals surface area contributed by atoms with Crippen LogP contribution in [0, 0.1) is 11.7 Å². The summed E-state index contributed by atoms with van der Waals surface area (Å²) >= 11 is 0. The van der Waals surface area contributed by atoms with Crippen molar-refractivity contribution in [1.29, 1.82) is 0 Å². The molecule has 206 valence electrons. The van der Waals surface area contributed by atoms with E-state index in [1.165, 1.54) is 25.5 Å². The predicted octanol–water partition coefficient (Wildman–Crippen LogP) is 6.69. The van der Waals surface area contributed by atoms with Crippen molar-refractivity contribution in [3.05, 3.63) is 89.5 Å². The number of hydrogen-bond acceptors (Lipinski definition) is 5. The number of halogens is 1. The molecule has 0 unspecified atom stereocenters. The summed E-state index contributed by atoms with van der Waals surface area (Å²) in [6.07, 6.45) is 10.9. The highest BCUT2D eigenvalue weighted by Gasteiger charge is 2.28. The Labute approximate surface area is 231 Å². The zero-order valence-electron chi connectivity index (χ0n) is 23.3. The number of aliphatic imine (C=N–C) groups is 1. The molecule has 0 aliphatic heterocycles. The Morgan fingerprint density at radius 2 is 1.72 bits per heavy atom. The van der Waals surface area contributed by atoms with E-state index in [1.54, 1.807) is 30.0 Å². The SMILES string of the molecule is C=N\C=C(/C=C(C)/C=C/C(=O)OC)N(Cc1ccc(-c2ccc(N(C)C)cc2)cc1F)C(=O)C1CCCCC1. The molecule has 0 spiro atoms. The van der Waals surface area contributed by atoms with Crippen LogP contribution in [0.15, 0.2) is 83.2 Å². The maximum absolute atomic E-state index is 15.5. The largest absolute Gasteiger partial charge is 0.466 e. The second kappa shape index (κ2) is 14.2. The van der Waals surface area contributed by atoms with Crippen LogP contribution in [0.3, 0.4) is 0 Å². The number of carbonyl (C=O) groups excluding carboxylic acids is 2. The smallest absolute Gasteiger partial charge is 0.330 e. The van der Waals surface area contributed by atoms with Gasteiger partial charge in [0.15, 0.2) is 0 Å². The first kappa shape index (κ1) is 29.6. The summed E-state index contributed by atoms with van der Waals surface area (Å²) in [5, 5.41) is 0. The van der Waals surface area contributed by atoms with E-state index in [0.717, 1.165) is 48.9 Å². The monoisotopic (exact) mass is 531 g/mol. The normalized spacial score (nSPS) is 14.8. The standard InChI is InChI=1S/C32H38FN3O3/c1-23(11-18-31(37)39-5)19-29(21-34-2)36(32(38)25-9-7-6-8-10-25)22-27-13-12-26(20-30(27)33)24-14-16-28(17-15-24)35(3)4/h11-21,25H,2,6-10,22H2,1,3-5H3/b18-11+,23-19+,29-21+. The average Bonchev–Trinajstić information content (AvgIpc) is 2.95. The van der Waals surface area contributed by atoms with Crippen LogP contribution < -0.4 is 4.90 Å². The van der Waals surface area contributed by atoms with E-state index >= 15 is 4.39 Å². The van der Waals surface area contributed by atoms with Gasteiger partial charge in [-0.1, -0.05) is 49.6 Å². The summed E-state index contributed by atoms with van der Waals surface area (Å²) in [6.45, 7) is 5.42. The number of amides is 1. The number of methoxy groups -OCH3 is 1. The highest BCUT2D eigenvalue weighted by Crippen LogP contribution is 2.30. The fraction of sp³-hybridized carbons (Fsp3) is 0.344. The summed E-state index contributed by atoms with van der Waals surface area (Å²) in [4.78, 5) is 32.8. The van der Waals surface area contributed by atoms with Gasteiger partial charge in [0.2, 0.25) is 5.91 Å². The molecule has 1 saturated carbocycles. The van der Waals surface area contributed by atoms with Crippen LogP contribution in [0.4, 0.5) is 10.1 Å². The van der Waals surface area contributed by atoms with Gasteiger partial charge >= 0.3 is 5.97 Å². The third-order valence-electron chi connectivity index (χ3n) is 6.91. The van der Waals surface area contributed by atoms with E-state index in [9.17, 15) is 9.59 Å². The molecule has 39 heavy (non-hydrogen) atoms. The first-order chi connectivity index (χ1) is 18.7. The third-order valence-corrected chi connectivity index (χ3v) is 6.91. The van der Waals surface area contributed by atoms with Crippen molar-refractivity contribution in [2.24, 2.45) is 10.9 Å². The quantitative estimate of drug-likeness (QED) is 0.148. The number of ether oxygens (including phenoxy) is 1. The van der Waals surface area contributed by atoms with E-state index in [-0.39, 0.29) is 24.2 Å². The van der Waals surface area contributed by atoms with Gasteiger partial charge in [-0.2, -0.15) is 0 Å². The van der Waals surface area contributed by atoms with Gasteiger partial charge in [-0.3, -0.25) is 9.79 Å². The lowest BCUT2D eigenvalue weighted by molar-refractivity contribution is -0.135. The zero-order valence-corrected chi connectivity index (χ0v) is 23.3. The number of nitrogens with zero attached hydrogens (tertiary/aromatic N) is 3. The van der Waals surface area contributed by atoms with Gasteiger partial charge < -0.3 is 14.5 Å². The van der Waals surface area contributed by atoms with Gasteiger partial charge in [0.25, 0.3) is 0 Å². The number of allylic oxidation sites excluding steroid dienone is 3. The third kappa shape index (κ3) is 8.24. The van der Waals surface area contributed by atoms with Gasteiger partial charge in [0.05, 0.1) is 19.4 Å². The maximum Gasteiger partial charge on any atom is 0.330 e. The topological polar surface area (TPSA) is 62.2 Å². The van der Waals surface area contributed by atoms with Crippen LogP contribution in [0.2, 0.25) is 0 Å². The van der Waals surface area contributed by atoms with E-state index < -0.39 is 5.97 Å². The molecule has 0 N–H and O–H groups in total. The summed E-state index contributed by atoms with van der Waals surface area (Å²) < 4.78 is 20.2. The molecule has 2 aromatic rings. The zero-order chi connectivity index (χ0) is 28.4. The van der Waals surface area contributed by atoms with Gasteiger partial charge in [0, 0.05) is 43.5 Å². The van der Waals surface area contributed by atoms with Crippen molar-refractivity contribution < 1.29 is 18.7 Å². The number of hydrogen-bond donors (Lipinski definition) is 0. The number of rotatable bonds is 10. The molecule has 0 radical (unpaired) electrons. The minimum Gasteiger partial charge on any atom is -0.466 e. The Morgan fingerprint density at radius 1 is 1.05 bits per heavy atom. The van der Waals surface area contributed by atoms with Crippen LogP contribution in [0.25, 0.3) is 11.1 Å². The number of anilines is 1. The van der Waals surface area contributed by atoms with Crippen LogP contribution in [-0.4, -0.2) is 44.7 Å². The van der Waals surface area contributed by atoms with Crippen LogP contribution >= 0.6 is 0 Å². The van der Waals surface area contributed by atoms with Crippen molar-refractivity contribution >= 4 is 24.3 Å². The second-order valence-corrected chi connectivity index (χ2v) is 9.99. The molecule has 0 bridgehead atoms. The predicted molar refractivity (Wildman–Crippen MR) is 156 cm³/mol. The maximum atomic E-state index is 15.5. The molecular formula is C32H38FN3O3. The molecule has 1 fully saturated rings. The van der Waals surface area contributed by atoms with Crippen molar-refractivity contribution in [3.8, 4) is 11.1 Å². The molecule has 1 aliphatic rings. The Morgan fingerprint density at radius 3 is 2.31 bits per heavy atom. The Hall–Kier alpha value is -4.00. The van der Waals surface area contributed by atoms with Crippen molar-refractivity contribution in [1.82, 2.24) is 4.90 Å². The van der Waals surface area contributed by atoms with Crippen molar-refractivity contribution in [2.45, 2.75) is 45.6 Å². The van der Waals surface area contributed by atoms with E-state index in [2.05, 4.69) is 16.4 Å². The molecule has 2 aromatic carbocycles. The average molecular weight is 532 g/mol. The van der Waals surface area contributed by atoms with Crippen molar-refractivity contribution in [3.63, 3.8) is 0 Å². The van der Waals surface area contributed by atoms with Crippen LogP contribution in [0.5, 0.6) is 0 Å². The summed E-state index contributed by atoms with van der Waals surface area (Å²) in [6, 6.07) is 13.0. The van der Waals surface area contributed by atoms with E-state index in [4.69, 9.17) is 0 Å². The number of benzene rings is 2. The minimum atomic E-state index is -0.483. The van der Waals surface area contributed by atoms with Crippen molar-refractivity contribution in [2.75, 3.05) is 26.1 Å². The molecule has 6 nitrogen and oxygen atoms in total. The molecule has 0 heterocycles. The molecule has 7 heteroatoms. The first-order valence-corrected chi connectivity index (χ1v) is 13.2. The van der Waals surface area contributed by atoms with E-state index in [0.29, 0.717) is 16.8 Å². The fourth-order valence-corrected chi connectivity index (χ4v) is 4.67. The lowest BCUT2D eigenvalue weighted by atomic mass is 9.88. The summed E-state index contributed by atoms with van der Waals surface area (Å²) in [5.74, 6) is -1.07. The van der Waals surface area contributed by atoms with Crippen LogP contribution in [-0.2, 0) is 20.9 Å². The van der Waals surface area contributed by atoms with E-state index in [1.807, 2.05) is 49.3 Å². The molecule has 0 atom stereocenters. The van der Waals surface area contributed by atoms with Gasteiger partial charge in [-0.15, -0.1) is 0 Å². The minimum absolute atomic E-state index is 0.0485. The molecule has 3 rings (SSSR count). The van der Waals surface area contributed by atoms with Gasteiger partial charge in [-0.05, 0) is 67.5 Å². The second-order valence-electron chi connectivity index (χ2n) is 9.99. The molecule has 0 saturated heterocycles. The number of carbonyl (C=O) groups is 2. The lowest BCUT2D eigenvalue weighted by Gasteiger charge is -2.30. The summed E-state index contributed by atoms with van der Waals surface area (Å²) in [7, 11) is 5.25. The van der Waals surface area contributed by atoms with Gasteiger partial charge in [0.1, 0.15) is 5.82 Å². The Balaban J connectivity index is 1.95. The lowest BCUT2D eigenvalue weighted by Crippen LogP contribution is -2.36. The molecular weight excluding hydrogens is 493 g/mol. The molecule has 1 aliphatic carbocycles. The highest BCUT2D eigenvalue weighted by atomic mass is 19.1. The fourth-order valence-electron chi connectivity index (χ4n) is 4.67. The molecule has 1 amide bonds. The first-order valence-electron chi connectivity index (χ1n) is 13.2. The Bertz CT molecular complexity index is 1260. The van der Waals surface area contributed by atoms with Crippen LogP contribution in [0.1, 0.15) is 44.6 Å². The highest BCUT2D eigenvalue weighted by molar-refractivity contribution is 5.83.